The highest BCUT2D eigenvalue weighted by atomic mass is 79.9. The Bertz CT molecular complexity index is 1030. The molecule has 1 atom stereocenters. The Labute approximate surface area is 172 Å². The van der Waals surface area contributed by atoms with Crippen LogP contribution >= 0.6 is 15.9 Å². The lowest BCUT2D eigenvalue weighted by atomic mass is 10.1. The molecule has 8 heteroatoms. The molecule has 0 aliphatic rings. The largest absolute Gasteiger partial charge is 0.468 e. The van der Waals surface area contributed by atoms with Crippen LogP contribution in [0.5, 0.6) is 0 Å². The van der Waals surface area contributed by atoms with Gasteiger partial charge >= 0.3 is 0 Å². The number of rotatable bonds is 7. The average Bonchev–Trinajstić information content (AvgIpc) is 3.21. The molecule has 0 fully saturated rings. The highest BCUT2D eigenvalue weighted by molar-refractivity contribution is 9.10. The van der Waals surface area contributed by atoms with Gasteiger partial charge in [-0.1, -0.05) is 28.1 Å². The number of furan rings is 1. The lowest BCUT2D eigenvalue weighted by molar-refractivity contribution is 0.0940. The highest BCUT2D eigenvalue weighted by Gasteiger charge is 2.16. The van der Waals surface area contributed by atoms with E-state index in [0.29, 0.717) is 11.3 Å². The van der Waals surface area contributed by atoms with Gasteiger partial charge in [0.2, 0.25) is 10.0 Å². The maximum Gasteiger partial charge on any atom is 0.251 e. The first kappa shape index (κ1) is 20.3. The van der Waals surface area contributed by atoms with Crippen LogP contribution < -0.4 is 10.0 Å². The number of halogens is 1. The predicted octanol–water partition coefficient (Wildman–Crippen LogP) is 4.01. The van der Waals surface area contributed by atoms with E-state index in [1.807, 2.05) is 31.2 Å². The van der Waals surface area contributed by atoms with Gasteiger partial charge in [0.1, 0.15) is 5.76 Å². The molecule has 0 aliphatic heterocycles. The predicted molar refractivity (Wildman–Crippen MR) is 109 cm³/mol. The minimum absolute atomic E-state index is 0.0578. The molecular formula is C20H19BrN2O4S. The number of amides is 1. The number of hydrogen-bond donors (Lipinski definition) is 2. The molecule has 6 nitrogen and oxygen atoms in total. The monoisotopic (exact) mass is 462 g/mol. The Morgan fingerprint density at radius 2 is 1.75 bits per heavy atom. The van der Waals surface area contributed by atoms with E-state index in [4.69, 9.17) is 4.42 Å². The van der Waals surface area contributed by atoms with Crippen molar-refractivity contribution in [1.82, 2.24) is 10.0 Å². The topological polar surface area (TPSA) is 88.4 Å². The zero-order valence-electron chi connectivity index (χ0n) is 15.1. The van der Waals surface area contributed by atoms with Crippen molar-refractivity contribution in [1.29, 1.82) is 0 Å². The van der Waals surface area contributed by atoms with Crippen molar-refractivity contribution in [2.24, 2.45) is 0 Å². The van der Waals surface area contributed by atoms with Crippen LogP contribution in [0.3, 0.4) is 0 Å². The van der Waals surface area contributed by atoms with Crippen molar-refractivity contribution in [2.45, 2.75) is 24.4 Å². The van der Waals surface area contributed by atoms with Gasteiger partial charge in [0.25, 0.3) is 5.91 Å². The van der Waals surface area contributed by atoms with Crippen molar-refractivity contribution in [3.63, 3.8) is 0 Å². The Balaban J connectivity index is 1.64. The summed E-state index contributed by atoms with van der Waals surface area (Å²) in [4.78, 5) is 12.5. The first-order valence-electron chi connectivity index (χ1n) is 8.53. The molecule has 3 aromatic rings. The number of sulfonamides is 1. The lowest BCUT2D eigenvalue weighted by Crippen LogP contribution is -2.27. The van der Waals surface area contributed by atoms with Crippen LogP contribution in [0.4, 0.5) is 0 Å². The fraction of sp³-hybridized carbons (Fsp3) is 0.150. The molecule has 3 rings (SSSR count). The number of nitrogens with one attached hydrogen (secondary N) is 2. The standard InChI is InChI=1S/C20H19BrN2O4S/c1-14(15-4-8-17(21)9-5-15)23-20(24)16-6-10-19(11-7-16)28(25,26)22-13-18-3-2-12-27-18/h2-12,14,22H,13H2,1H3,(H,23,24). The van der Waals surface area contributed by atoms with Gasteiger partial charge in [-0.15, -0.1) is 0 Å². The van der Waals surface area contributed by atoms with E-state index in [0.717, 1.165) is 10.0 Å². The Hall–Kier alpha value is -2.42. The molecule has 146 valence electrons. The first-order chi connectivity index (χ1) is 13.3. The maximum atomic E-state index is 12.4. The third kappa shape index (κ3) is 5.09. The normalized spacial score (nSPS) is 12.5. The summed E-state index contributed by atoms with van der Waals surface area (Å²) in [6.45, 7) is 1.95. The van der Waals surface area contributed by atoms with Crippen LogP contribution in [0.15, 0.2) is 80.7 Å². The van der Waals surface area contributed by atoms with E-state index >= 15 is 0 Å². The van der Waals surface area contributed by atoms with Gasteiger partial charge in [-0.05, 0) is 61.0 Å². The second-order valence-electron chi connectivity index (χ2n) is 6.17. The van der Waals surface area contributed by atoms with E-state index in [-0.39, 0.29) is 23.4 Å². The smallest absolute Gasteiger partial charge is 0.251 e. The summed E-state index contributed by atoms with van der Waals surface area (Å²) in [5.74, 6) is 0.240. The number of carbonyl (C=O) groups is 1. The summed E-state index contributed by atoms with van der Waals surface area (Å²) in [5, 5.41) is 2.90. The van der Waals surface area contributed by atoms with Crippen LogP contribution in [0.2, 0.25) is 0 Å². The second kappa shape index (κ2) is 8.72. The second-order valence-corrected chi connectivity index (χ2v) is 8.86. The summed E-state index contributed by atoms with van der Waals surface area (Å²) in [5.41, 5.74) is 1.35. The van der Waals surface area contributed by atoms with Gasteiger partial charge in [-0.2, -0.15) is 0 Å². The van der Waals surface area contributed by atoms with Crippen LogP contribution in [-0.2, 0) is 16.6 Å². The zero-order chi connectivity index (χ0) is 20.1. The molecule has 0 radical (unpaired) electrons. The maximum absolute atomic E-state index is 12.4. The van der Waals surface area contributed by atoms with Crippen LogP contribution in [0.25, 0.3) is 0 Å². The van der Waals surface area contributed by atoms with Crippen molar-refractivity contribution in [2.75, 3.05) is 0 Å². The number of benzene rings is 2. The van der Waals surface area contributed by atoms with Crippen molar-refractivity contribution in [3.05, 3.63) is 88.3 Å². The molecular weight excluding hydrogens is 444 g/mol. The van der Waals surface area contributed by atoms with E-state index in [2.05, 4.69) is 26.0 Å². The minimum atomic E-state index is -3.70. The van der Waals surface area contributed by atoms with Gasteiger partial charge in [0, 0.05) is 10.0 Å². The molecule has 0 spiro atoms. The fourth-order valence-electron chi connectivity index (χ4n) is 2.56. The molecule has 0 bridgehead atoms. The van der Waals surface area contributed by atoms with Gasteiger partial charge in [-0.3, -0.25) is 4.79 Å². The van der Waals surface area contributed by atoms with Crippen molar-refractivity contribution >= 4 is 31.9 Å². The van der Waals surface area contributed by atoms with Gasteiger partial charge in [0.15, 0.2) is 0 Å². The van der Waals surface area contributed by atoms with Crippen LogP contribution in [-0.4, -0.2) is 14.3 Å². The first-order valence-corrected chi connectivity index (χ1v) is 10.8. The van der Waals surface area contributed by atoms with E-state index in [1.165, 1.54) is 30.5 Å². The summed E-state index contributed by atoms with van der Waals surface area (Å²) < 4.78 is 33.2. The average molecular weight is 463 g/mol. The van der Waals surface area contributed by atoms with Crippen molar-refractivity contribution in [3.8, 4) is 0 Å². The quantitative estimate of drug-likeness (QED) is 0.554. The molecule has 1 aromatic heterocycles. The Morgan fingerprint density at radius 1 is 1.07 bits per heavy atom. The van der Waals surface area contributed by atoms with Gasteiger partial charge in [-0.25, -0.2) is 13.1 Å². The third-order valence-electron chi connectivity index (χ3n) is 4.16. The lowest BCUT2D eigenvalue weighted by Gasteiger charge is -2.15. The van der Waals surface area contributed by atoms with Crippen molar-refractivity contribution < 1.29 is 17.6 Å². The van der Waals surface area contributed by atoms with E-state index in [1.54, 1.807) is 12.1 Å². The highest BCUT2D eigenvalue weighted by Crippen LogP contribution is 2.18. The number of hydrogen-bond acceptors (Lipinski definition) is 4. The molecule has 0 saturated heterocycles. The number of carbonyl (C=O) groups excluding carboxylic acids is 1. The Morgan fingerprint density at radius 3 is 2.36 bits per heavy atom. The molecule has 0 saturated carbocycles. The molecule has 2 aromatic carbocycles. The molecule has 28 heavy (non-hydrogen) atoms. The molecule has 1 unspecified atom stereocenters. The summed E-state index contributed by atoms with van der Waals surface area (Å²) in [6.07, 6.45) is 1.48. The SMILES string of the molecule is CC(NC(=O)c1ccc(S(=O)(=O)NCc2ccco2)cc1)c1ccc(Br)cc1. The summed E-state index contributed by atoms with van der Waals surface area (Å²) in [7, 11) is -3.70. The van der Waals surface area contributed by atoms with E-state index in [9.17, 15) is 13.2 Å². The molecule has 2 N–H and O–H groups in total. The third-order valence-corrected chi connectivity index (χ3v) is 6.11. The van der Waals surface area contributed by atoms with Gasteiger partial charge in [0.05, 0.1) is 23.7 Å². The summed E-state index contributed by atoms with van der Waals surface area (Å²) in [6, 6.07) is 16.7. The molecule has 1 amide bonds. The minimum Gasteiger partial charge on any atom is -0.468 e. The summed E-state index contributed by atoms with van der Waals surface area (Å²) >= 11 is 3.38. The van der Waals surface area contributed by atoms with Gasteiger partial charge < -0.3 is 9.73 Å². The fourth-order valence-corrected chi connectivity index (χ4v) is 3.82. The Kier molecular flexibility index (Phi) is 6.33. The van der Waals surface area contributed by atoms with Crippen LogP contribution in [0, 0.1) is 0 Å². The molecule has 1 heterocycles. The van der Waals surface area contributed by atoms with E-state index < -0.39 is 10.0 Å². The molecule has 0 aliphatic carbocycles. The zero-order valence-corrected chi connectivity index (χ0v) is 17.5. The van der Waals surface area contributed by atoms with Crippen LogP contribution in [0.1, 0.15) is 34.6 Å².